The third-order valence-corrected chi connectivity index (χ3v) is 2.72. The quantitative estimate of drug-likeness (QED) is 0.522. The number of halogens is 2. The van der Waals surface area contributed by atoms with E-state index >= 15 is 0 Å². The van der Waals surface area contributed by atoms with E-state index in [0.717, 1.165) is 12.1 Å². The molecule has 0 spiro atoms. The molecule has 6 nitrogen and oxygen atoms in total. The molecule has 0 saturated carbocycles. The van der Waals surface area contributed by atoms with Crippen molar-refractivity contribution in [3.05, 3.63) is 35.0 Å². The summed E-state index contributed by atoms with van der Waals surface area (Å²) in [5.41, 5.74) is 0.0489. The molecule has 2 rings (SSSR count). The Labute approximate surface area is 118 Å². The summed E-state index contributed by atoms with van der Waals surface area (Å²) in [6.45, 7) is 0. The highest BCUT2D eigenvalue weighted by Gasteiger charge is 2.26. The second-order valence-corrected chi connectivity index (χ2v) is 4.11. The number of benzene rings is 1. The predicted molar refractivity (Wildman–Crippen MR) is 71.7 cm³/mol. The number of phenols is 1. The lowest BCUT2D eigenvalue weighted by Crippen LogP contribution is -2.28. The normalized spacial score (nSPS) is 17.0. The first-order valence-electron chi connectivity index (χ1n) is 5.77. The average Bonchev–Trinajstić information content (AvgIpc) is 2.70. The molecule has 21 heavy (non-hydrogen) atoms. The van der Waals surface area contributed by atoms with Crippen LogP contribution in [0.3, 0.4) is 0 Å². The number of hydrogen-bond acceptors (Lipinski definition) is 5. The lowest BCUT2D eigenvalue weighted by molar-refractivity contribution is -0.121. The zero-order chi connectivity index (χ0) is 15.6. The summed E-state index contributed by atoms with van der Waals surface area (Å²) in [6.07, 6.45) is 2.44. The van der Waals surface area contributed by atoms with E-state index in [1.165, 1.54) is 31.3 Å². The Kier molecular flexibility index (Phi) is 3.97. The molecule has 0 saturated heterocycles. The van der Waals surface area contributed by atoms with Gasteiger partial charge in [-0.3, -0.25) is 9.69 Å². The van der Waals surface area contributed by atoms with E-state index in [-0.39, 0.29) is 17.1 Å². The average molecular weight is 295 g/mol. The minimum atomic E-state index is -1.12. The standard InChI is InChI=1S/C13H11F2N3O3/c1-18-11(6-16-21-2)17-10(13(18)20)5-7-3-8(14)12(19)9(15)4-7/h3-6,19H,1-2H3/b10-5-,16-6+. The van der Waals surface area contributed by atoms with Crippen molar-refractivity contribution in [3.63, 3.8) is 0 Å². The molecule has 0 radical (unpaired) electrons. The molecule has 1 N–H and O–H groups in total. The Morgan fingerprint density at radius 2 is 2.00 bits per heavy atom. The molecule has 0 fully saturated rings. The Morgan fingerprint density at radius 3 is 2.57 bits per heavy atom. The first-order valence-corrected chi connectivity index (χ1v) is 5.77. The van der Waals surface area contributed by atoms with Gasteiger partial charge >= 0.3 is 0 Å². The number of aromatic hydroxyl groups is 1. The minimum absolute atomic E-state index is 0.0143. The van der Waals surface area contributed by atoms with Crippen LogP contribution in [0.1, 0.15) is 5.56 Å². The van der Waals surface area contributed by atoms with Crippen LogP contribution in [0.5, 0.6) is 5.75 Å². The van der Waals surface area contributed by atoms with Crippen LogP contribution in [0.4, 0.5) is 8.78 Å². The fourth-order valence-corrected chi connectivity index (χ4v) is 1.66. The van der Waals surface area contributed by atoms with Crippen LogP contribution in [0.2, 0.25) is 0 Å². The van der Waals surface area contributed by atoms with Crippen molar-refractivity contribution in [2.45, 2.75) is 0 Å². The minimum Gasteiger partial charge on any atom is -0.503 e. The molecule has 0 atom stereocenters. The van der Waals surface area contributed by atoms with Crippen LogP contribution in [-0.4, -0.2) is 42.1 Å². The maximum atomic E-state index is 13.2. The summed E-state index contributed by atoms with van der Waals surface area (Å²) in [5.74, 6) is -3.53. The van der Waals surface area contributed by atoms with Gasteiger partial charge in [0, 0.05) is 7.05 Å². The van der Waals surface area contributed by atoms with Crippen LogP contribution in [0.25, 0.3) is 6.08 Å². The van der Waals surface area contributed by atoms with Crippen molar-refractivity contribution < 1.29 is 23.5 Å². The fourth-order valence-electron chi connectivity index (χ4n) is 1.66. The Hall–Kier alpha value is -2.77. The highest BCUT2D eigenvalue weighted by Crippen LogP contribution is 2.24. The molecular formula is C13H11F2N3O3. The lowest BCUT2D eigenvalue weighted by Gasteiger charge is -2.06. The van der Waals surface area contributed by atoms with E-state index in [4.69, 9.17) is 5.11 Å². The maximum absolute atomic E-state index is 13.2. The molecule has 1 heterocycles. The van der Waals surface area contributed by atoms with Crippen molar-refractivity contribution in [2.24, 2.45) is 10.1 Å². The van der Waals surface area contributed by atoms with Gasteiger partial charge in [-0.15, -0.1) is 0 Å². The van der Waals surface area contributed by atoms with Crippen molar-refractivity contribution in [1.29, 1.82) is 0 Å². The zero-order valence-corrected chi connectivity index (χ0v) is 11.2. The zero-order valence-electron chi connectivity index (χ0n) is 11.2. The number of rotatable bonds is 3. The molecule has 110 valence electrons. The number of hydrogen-bond donors (Lipinski definition) is 1. The third-order valence-electron chi connectivity index (χ3n) is 2.72. The summed E-state index contributed by atoms with van der Waals surface area (Å²) in [7, 11) is 2.81. The fraction of sp³-hybridized carbons (Fsp3) is 0.154. The van der Waals surface area contributed by atoms with E-state index in [9.17, 15) is 13.6 Å². The molecule has 0 aromatic heterocycles. The summed E-state index contributed by atoms with van der Waals surface area (Å²) in [6, 6.07) is 1.80. The van der Waals surface area contributed by atoms with Crippen LogP contribution in [0.15, 0.2) is 28.0 Å². The number of amides is 1. The first kappa shape index (κ1) is 14.6. The smallest absolute Gasteiger partial charge is 0.277 e. The Bertz CT molecular complexity index is 660. The van der Waals surface area contributed by atoms with Gasteiger partial charge in [0.2, 0.25) is 0 Å². The van der Waals surface area contributed by atoms with Crippen molar-refractivity contribution in [3.8, 4) is 5.75 Å². The van der Waals surface area contributed by atoms with Crippen molar-refractivity contribution in [1.82, 2.24) is 4.90 Å². The van der Waals surface area contributed by atoms with Gasteiger partial charge in [-0.05, 0) is 23.8 Å². The van der Waals surface area contributed by atoms with Crippen molar-refractivity contribution in [2.75, 3.05) is 14.2 Å². The van der Waals surface area contributed by atoms with Crippen LogP contribution >= 0.6 is 0 Å². The highest BCUT2D eigenvalue weighted by molar-refractivity contribution is 6.37. The van der Waals surface area contributed by atoms with Gasteiger partial charge < -0.3 is 9.94 Å². The highest BCUT2D eigenvalue weighted by atomic mass is 19.1. The molecule has 1 amide bonds. The van der Waals surface area contributed by atoms with Gasteiger partial charge in [-0.25, -0.2) is 13.8 Å². The monoisotopic (exact) mass is 295 g/mol. The predicted octanol–water partition coefficient (Wildman–Crippen LogP) is 1.51. The van der Waals surface area contributed by atoms with E-state index in [1.54, 1.807) is 0 Å². The lowest BCUT2D eigenvalue weighted by atomic mass is 10.1. The summed E-state index contributed by atoms with van der Waals surface area (Å²) in [4.78, 5) is 21.6. The van der Waals surface area contributed by atoms with Crippen LogP contribution < -0.4 is 0 Å². The van der Waals surface area contributed by atoms with Gasteiger partial charge in [0.25, 0.3) is 5.91 Å². The van der Waals surface area contributed by atoms with Gasteiger partial charge in [-0.2, -0.15) is 0 Å². The van der Waals surface area contributed by atoms with Gasteiger partial charge in [-0.1, -0.05) is 5.16 Å². The third kappa shape index (κ3) is 2.88. The number of carbonyl (C=O) groups excluding carboxylic acids is 1. The summed E-state index contributed by atoms with van der Waals surface area (Å²) < 4.78 is 26.5. The molecule has 1 aliphatic heterocycles. The molecule has 0 bridgehead atoms. The largest absolute Gasteiger partial charge is 0.503 e. The van der Waals surface area contributed by atoms with Gasteiger partial charge in [0.15, 0.2) is 23.2 Å². The number of carbonyl (C=O) groups is 1. The second kappa shape index (κ2) is 5.70. The Balaban J connectivity index is 2.39. The molecule has 0 aliphatic carbocycles. The van der Waals surface area contributed by atoms with Gasteiger partial charge in [0.1, 0.15) is 19.0 Å². The van der Waals surface area contributed by atoms with E-state index < -0.39 is 23.3 Å². The maximum Gasteiger partial charge on any atom is 0.277 e. The van der Waals surface area contributed by atoms with E-state index in [2.05, 4.69) is 15.0 Å². The molecule has 1 aromatic carbocycles. The summed E-state index contributed by atoms with van der Waals surface area (Å²) in [5, 5.41) is 12.5. The second-order valence-electron chi connectivity index (χ2n) is 4.11. The molecule has 1 aliphatic rings. The SMILES string of the molecule is CO/N=C/C1=NC(=C\c2cc(F)c(O)c(F)c2)/C(=O)N1C. The van der Waals surface area contributed by atoms with Gasteiger partial charge in [0.05, 0.1) is 0 Å². The summed E-state index contributed by atoms with van der Waals surface area (Å²) >= 11 is 0. The first-order chi connectivity index (χ1) is 9.93. The molecule has 1 aromatic rings. The molecular weight excluding hydrogens is 284 g/mol. The number of phenolic OH excluding ortho intramolecular Hbond substituents is 1. The van der Waals surface area contributed by atoms with E-state index in [0.29, 0.717) is 0 Å². The number of oxime groups is 1. The van der Waals surface area contributed by atoms with Crippen LogP contribution in [0, 0.1) is 11.6 Å². The van der Waals surface area contributed by atoms with E-state index in [1.807, 2.05) is 0 Å². The topological polar surface area (TPSA) is 74.5 Å². The van der Waals surface area contributed by atoms with Crippen molar-refractivity contribution >= 4 is 24.0 Å². The number of aliphatic imine (C=N–C) groups is 1. The number of amidine groups is 1. The number of nitrogens with zero attached hydrogens (tertiary/aromatic N) is 3. The number of likely N-dealkylation sites (N-methyl/N-ethyl adjacent to an activating group) is 1. The molecule has 8 heteroatoms. The Morgan fingerprint density at radius 1 is 1.38 bits per heavy atom. The molecule has 0 unspecified atom stereocenters. The van der Waals surface area contributed by atoms with Crippen LogP contribution in [-0.2, 0) is 9.63 Å².